The Labute approximate surface area is 341 Å². The van der Waals surface area contributed by atoms with Gasteiger partial charge in [-0.2, -0.15) is 0 Å². The fourth-order valence-electron chi connectivity index (χ4n) is 7.56. The molecule has 6 aromatic rings. The molecular formula is C44H36S8. The number of benzene rings is 6. The van der Waals surface area contributed by atoms with Gasteiger partial charge in [-0.15, -0.1) is 47.0 Å². The molecule has 0 spiro atoms. The first-order valence-electron chi connectivity index (χ1n) is 17.2. The first kappa shape index (κ1) is 35.8. The maximum absolute atomic E-state index is 2.54. The third-order valence-corrected chi connectivity index (χ3v) is 20.8. The van der Waals surface area contributed by atoms with Crippen molar-refractivity contribution in [2.24, 2.45) is 0 Å². The van der Waals surface area contributed by atoms with Gasteiger partial charge < -0.3 is 0 Å². The maximum Gasteiger partial charge on any atom is 0.0657 e. The van der Waals surface area contributed by atoms with Crippen LogP contribution in [-0.2, 0) is 25.7 Å². The van der Waals surface area contributed by atoms with E-state index in [1.165, 1.54) is 102 Å². The number of rotatable bonds is 5. The molecule has 2 heterocycles. The lowest BCUT2D eigenvalue weighted by Crippen LogP contribution is -2.04. The highest BCUT2D eigenvalue weighted by Crippen LogP contribution is 2.59. The van der Waals surface area contributed by atoms with Crippen LogP contribution in [0.25, 0.3) is 43.4 Å². The number of allylic oxidation sites excluding steroid dienone is 2. The van der Waals surface area contributed by atoms with Gasteiger partial charge >= 0.3 is 0 Å². The Hall–Kier alpha value is -1.88. The van der Waals surface area contributed by atoms with Crippen molar-refractivity contribution in [3.05, 3.63) is 156 Å². The summed E-state index contributed by atoms with van der Waals surface area (Å²) in [6.07, 6.45) is 12.7. The van der Waals surface area contributed by atoms with Gasteiger partial charge in [0.2, 0.25) is 0 Å². The summed E-state index contributed by atoms with van der Waals surface area (Å²) in [6.45, 7) is 0. The predicted molar refractivity (Wildman–Crippen MR) is 249 cm³/mol. The van der Waals surface area contributed by atoms with Crippen LogP contribution in [0.4, 0.5) is 0 Å². The van der Waals surface area contributed by atoms with Crippen molar-refractivity contribution >= 4 is 126 Å². The molecule has 0 amide bonds. The standard InChI is InChI=1S/C44H36S8/c1-45-41-42(46-2)50-39(49-41)34-18-25-8-10-26(11-9-25)19-35(40-51-43(47-3)44(48-4)52-40)22-30-13-12-27(20-34)21-36(30)33-23-31-16-14-28-6-5-7-29-15-17-32(24-33)38(31)37(28)29/h5-17,21,23-24H,18-20,22H2,1-4H3. The number of hydrogen-bond donors (Lipinski definition) is 0. The molecule has 0 saturated heterocycles. The molecule has 0 nitrogen and oxygen atoms in total. The van der Waals surface area contributed by atoms with Crippen molar-refractivity contribution in [1.29, 1.82) is 0 Å². The summed E-state index contributed by atoms with van der Waals surface area (Å²) < 4.78 is 8.66. The smallest absolute Gasteiger partial charge is 0.0657 e. The zero-order valence-electron chi connectivity index (χ0n) is 29.3. The summed E-state index contributed by atoms with van der Waals surface area (Å²) in [6, 6.07) is 37.9. The van der Waals surface area contributed by atoms with Crippen molar-refractivity contribution in [3.63, 3.8) is 0 Å². The van der Waals surface area contributed by atoms with E-state index in [-0.39, 0.29) is 0 Å². The summed E-state index contributed by atoms with van der Waals surface area (Å²) in [5.74, 6) is 0. The van der Waals surface area contributed by atoms with E-state index >= 15 is 0 Å². The quantitative estimate of drug-likeness (QED) is 0.156. The van der Waals surface area contributed by atoms with Crippen molar-refractivity contribution in [2.45, 2.75) is 25.7 Å². The second-order valence-corrected chi connectivity index (χ2v) is 22.1. The molecule has 52 heavy (non-hydrogen) atoms. The fraction of sp³-hybridized carbons (Fsp3) is 0.182. The SMILES string of the molecule is CSC1=C(SC)SC(=C2Cc3ccc(cc3)CC(=C3SC(SC)=C(SC)S3)Cc3ccc(cc3-c3cc4ccc5cccc6ccc(c3)c4c56)C2)S1. The zero-order valence-corrected chi connectivity index (χ0v) is 35.9. The molecule has 6 aromatic carbocycles. The Kier molecular flexibility index (Phi) is 10.6. The average Bonchev–Trinajstić information content (AvgIpc) is 3.82. The molecule has 0 unspecified atom stereocenters. The molecule has 260 valence electrons. The molecule has 12 rings (SSSR count). The van der Waals surface area contributed by atoms with Gasteiger partial charge in [-0.1, -0.05) is 132 Å². The highest BCUT2D eigenvalue weighted by molar-refractivity contribution is 8.41. The van der Waals surface area contributed by atoms with Crippen LogP contribution in [0, 0.1) is 0 Å². The van der Waals surface area contributed by atoms with E-state index in [2.05, 4.69) is 122 Å². The first-order chi connectivity index (χ1) is 25.5. The van der Waals surface area contributed by atoms with Crippen molar-refractivity contribution in [2.75, 3.05) is 25.0 Å². The molecule has 0 fully saturated rings. The molecule has 4 bridgehead atoms. The summed E-state index contributed by atoms with van der Waals surface area (Å²) >= 11 is 15.5. The molecule has 0 aromatic heterocycles. The largest absolute Gasteiger partial charge is 0.121 e. The van der Waals surface area contributed by atoms with Crippen LogP contribution in [0.1, 0.15) is 22.3 Å². The average molecular weight is 821 g/mol. The lowest BCUT2D eigenvalue weighted by Gasteiger charge is -2.20. The summed E-state index contributed by atoms with van der Waals surface area (Å²) in [5, 5.41) is 8.04. The van der Waals surface area contributed by atoms with Crippen LogP contribution in [0.15, 0.2) is 134 Å². The minimum atomic E-state index is 0.929. The van der Waals surface area contributed by atoms with Crippen LogP contribution in [0.2, 0.25) is 0 Å². The minimum absolute atomic E-state index is 0.929. The lowest BCUT2D eigenvalue weighted by molar-refractivity contribution is 1.00. The predicted octanol–water partition coefficient (Wildman–Crippen LogP) is 15.2. The van der Waals surface area contributed by atoms with Gasteiger partial charge in [0.15, 0.2) is 0 Å². The molecule has 2 aliphatic heterocycles. The Balaban J connectivity index is 1.22. The van der Waals surface area contributed by atoms with Crippen molar-refractivity contribution < 1.29 is 0 Å². The second kappa shape index (κ2) is 15.3. The molecule has 0 radical (unpaired) electrons. The third kappa shape index (κ3) is 6.82. The molecule has 0 atom stereocenters. The summed E-state index contributed by atoms with van der Waals surface area (Å²) in [5.41, 5.74) is 11.3. The van der Waals surface area contributed by atoms with Crippen LogP contribution in [0.5, 0.6) is 0 Å². The molecule has 0 saturated carbocycles. The molecule has 0 N–H and O–H groups in total. The fourth-order valence-corrected chi connectivity index (χ4v) is 17.7. The second-order valence-electron chi connectivity index (χ2n) is 13.2. The lowest BCUT2D eigenvalue weighted by atomic mass is 9.86. The van der Waals surface area contributed by atoms with Gasteiger partial charge in [-0.3, -0.25) is 0 Å². The van der Waals surface area contributed by atoms with Crippen LogP contribution in [-0.4, -0.2) is 25.0 Å². The topological polar surface area (TPSA) is 0 Å². The first-order valence-corrected chi connectivity index (χ1v) is 25.4. The highest BCUT2D eigenvalue weighted by atomic mass is 32.3. The summed E-state index contributed by atoms with van der Waals surface area (Å²) in [7, 11) is 0. The third-order valence-electron chi connectivity index (χ3n) is 10.0. The number of hydrogen-bond acceptors (Lipinski definition) is 8. The van der Waals surface area contributed by atoms with Crippen molar-refractivity contribution in [3.8, 4) is 11.1 Å². The Morgan fingerprint density at radius 1 is 0.423 bits per heavy atom. The van der Waals surface area contributed by atoms with Gasteiger partial charge in [0.1, 0.15) is 0 Å². The van der Waals surface area contributed by atoms with Gasteiger partial charge in [0.25, 0.3) is 0 Å². The van der Waals surface area contributed by atoms with Gasteiger partial charge in [-0.25, -0.2) is 0 Å². The van der Waals surface area contributed by atoms with E-state index in [1.807, 2.05) is 94.1 Å². The van der Waals surface area contributed by atoms with Crippen LogP contribution < -0.4 is 0 Å². The Bertz CT molecular complexity index is 2400. The van der Waals surface area contributed by atoms with Gasteiger partial charge in [-0.05, 0) is 140 Å². The Morgan fingerprint density at radius 2 is 0.846 bits per heavy atom. The molecule has 8 heteroatoms. The van der Waals surface area contributed by atoms with E-state index in [0.717, 1.165) is 25.7 Å². The van der Waals surface area contributed by atoms with E-state index in [9.17, 15) is 0 Å². The minimum Gasteiger partial charge on any atom is -0.121 e. The zero-order chi connectivity index (χ0) is 35.3. The van der Waals surface area contributed by atoms with E-state index < -0.39 is 0 Å². The summed E-state index contributed by atoms with van der Waals surface area (Å²) in [4.78, 5) is 0. The Morgan fingerprint density at radius 3 is 1.35 bits per heavy atom. The van der Waals surface area contributed by atoms with Crippen LogP contribution in [0.3, 0.4) is 0 Å². The van der Waals surface area contributed by atoms with Crippen LogP contribution >= 0.6 is 94.1 Å². The maximum atomic E-state index is 2.54. The van der Waals surface area contributed by atoms with Gasteiger partial charge in [0, 0.05) is 0 Å². The highest BCUT2D eigenvalue weighted by Gasteiger charge is 2.26. The van der Waals surface area contributed by atoms with E-state index in [1.54, 1.807) is 0 Å². The molecule has 4 aliphatic carbocycles. The molecule has 6 aliphatic rings. The van der Waals surface area contributed by atoms with E-state index in [0.29, 0.717) is 0 Å². The molecular weight excluding hydrogens is 785 g/mol. The monoisotopic (exact) mass is 820 g/mol. The number of thioether (sulfide) groups is 8. The van der Waals surface area contributed by atoms with Crippen molar-refractivity contribution in [1.82, 2.24) is 0 Å². The van der Waals surface area contributed by atoms with E-state index in [4.69, 9.17) is 0 Å². The van der Waals surface area contributed by atoms with Gasteiger partial charge in [0.05, 0.1) is 25.4 Å². The normalized spacial score (nSPS) is 17.0.